The number of nitrogens with zero attached hydrogens (tertiary/aromatic N) is 5. The molecule has 2 aromatic rings. The average molecular weight is 320 g/mol. The second-order valence-corrected chi connectivity index (χ2v) is 6.41. The average Bonchev–Trinajstić information content (AvgIpc) is 3.06. The zero-order valence-corrected chi connectivity index (χ0v) is 13.9. The van der Waals surface area contributed by atoms with Crippen LogP contribution in [0.15, 0.2) is 9.42 Å². The molecule has 0 unspecified atom stereocenters. The first-order valence-electron chi connectivity index (χ1n) is 8.16. The summed E-state index contributed by atoms with van der Waals surface area (Å²) >= 11 is 0. The Hall–Kier alpha value is -1.96. The van der Waals surface area contributed by atoms with Crippen molar-refractivity contribution >= 4 is 0 Å². The predicted molar refractivity (Wildman–Crippen MR) is 83.8 cm³/mol. The minimum atomic E-state index is -0.0652. The summed E-state index contributed by atoms with van der Waals surface area (Å²) in [6.07, 6.45) is 5.56. The van der Waals surface area contributed by atoms with Crippen molar-refractivity contribution in [1.82, 2.24) is 30.0 Å². The number of aromatic nitrogens is 5. The van der Waals surface area contributed by atoms with E-state index in [1.54, 1.807) is 18.7 Å². The Morgan fingerprint density at radius 2 is 2.04 bits per heavy atom. The van der Waals surface area contributed by atoms with Crippen LogP contribution in [-0.2, 0) is 27.1 Å². The fraction of sp³-hybridized carbons (Fsp3) is 0.733. The van der Waals surface area contributed by atoms with Crippen LogP contribution in [0.4, 0.5) is 0 Å². The summed E-state index contributed by atoms with van der Waals surface area (Å²) in [5, 5.41) is 15.7. The monoisotopic (exact) mass is 320 g/mol. The van der Waals surface area contributed by atoms with Gasteiger partial charge in [-0.15, -0.1) is 0 Å². The molecule has 2 heterocycles. The lowest BCUT2D eigenvalue weighted by molar-refractivity contribution is 0.251. The molecule has 0 amide bonds. The van der Waals surface area contributed by atoms with Gasteiger partial charge in [-0.1, -0.05) is 23.2 Å². The summed E-state index contributed by atoms with van der Waals surface area (Å²) in [7, 11) is 3.49. The number of hydrogen-bond acceptors (Lipinski definition) is 6. The Morgan fingerprint density at radius 3 is 2.70 bits per heavy atom. The van der Waals surface area contributed by atoms with Crippen LogP contribution in [0.2, 0.25) is 0 Å². The van der Waals surface area contributed by atoms with Gasteiger partial charge in [-0.25, -0.2) is 14.1 Å². The summed E-state index contributed by atoms with van der Waals surface area (Å²) in [4.78, 5) is 11.9. The summed E-state index contributed by atoms with van der Waals surface area (Å²) in [6.45, 7) is 2.56. The van der Waals surface area contributed by atoms with Crippen molar-refractivity contribution < 1.29 is 4.63 Å². The standard InChI is InChI=1S/C15H24N6O2/c1-10-13(19-23-18-10)9-16-12-7-5-4-6-11(12)8-14-17-21(3)15(22)20(14)2/h11-12,16H,4-9H2,1-3H3/t11-,12-/m1/s1. The van der Waals surface area contributed by atoms with Gasteiger partial charge in [0.15, 0.2) is 0 Å². The van der Waals surface area contributed by atoms with E-state index in [0.29, 0.717) is 18.5 Å². The van der Waals surface area contributed by atoms with Gasteiger partial charge in [0.25, 0.3) is 0 Å². The third-order valence-corrected chi connectivity index (χ3v) is 4.85. The molecule has 0 spiro atoms. The molecule has 8 heteroatoms. The normalized spacial score (nSPS) is 21.7. The van der Waals surface area contributed by atoms with E-state index in [0.717, 1.165) is 36.5 Å². The van der Waals surface area contributed by atoms with E-state index in [1.165, 1.54) is 17.5 Å². The second-order valence-electron chi connectivity index (χ2n) is 6.41. The van der Waals surface area contributed by atoms with E-state index >= 15 is 0 Å². The van der Waals surface area contributed by atoms with E-state index in [1.807, 2.05) is 6.92 Å². The molecule has 1 fully saturated rings. The Balaban J connectivity index is 1.67. The predicted octanol–water partition coefficient (Wildman–Crippen LogP) is 0.701. The van der Waals surface area contributed by atoms with Gasteiger partial charge in [-0.3, -0.25) is 4.57 Å². The highest BCUT2D eigenvalue weighted by Gasteiger charge is 2.27. The number of nitrogens with one attached hydrogen (secondary N) is 1. The molecular weight excluding hydrogens is 296 g/mol. The van der Waals surface area contributed by atoms with Crippen molar-refractivity contribution in [2.45, 2.75) is 51.6 Å². The summed E-state index contributed by atoms with van der Waals surface area (Å²) in [5.41, 5.74) is 1.63. The van der Waals surface area contributed by atoms with E-state index < -0.39 is 0 Å². The zero-order valence-electron chi connectivity index (χ0n) is 13.9. The Bertz CT molecular complexity index is 716. The molecule has 1 aliphatic rings. The number of rotatable bonds is 5. The van der Waals surface area contributed by atoms with Gasteiger partial charge >= 0.3 is 5.69 Å². The first-order chi connectivity index (χ1) is 11.1. The van der Waals surface area contributed by atoms with Gasteiger partial charge in [0, 0.05) is 33.1 Å². The van der Waals surface area contributed by atoms with Crippen molar-refractivity contribution in [1.29, 1.82) is 0 Å². The Kier molecular flexibility index (Phi) is 4.61. The van der Waals surface area contributed by atoms with Crippen LogP contribution in [0.1, 0.15) is 42.9 Å². The molecule has 23 heavy (non-hydrogen) atoms. The first kappa shape index (κ1) is 15.9. The fourth-order valence-corrected chi connectivity index (χ4v) is 3.38. The fourth-order valence-electron chi connectivity index (χ4n) is 3.38. The summed E-state index contributed by atoms with van der Waals surface area (Å²) in [5.74, 6) is 1.33. The highest BCUT2D eigenvalue weighted by atomic mass is 16.6. The first-order valence-corrected chi connectivity index (χ1v) is 8.16. The molecule has 1 saturated carbocycles. The van der Waals surface area contributed by atoms with Gasteiger partial charge in [0.1, 0.15) is 17.2 Å². The third-order valence-electron chi connectivity index (χ3n) is 4.85. The van der Waals surface area contributed by atoms with Crippen LogP contribution in [0.5, 0.6) is 0 Å². The largest absolute Gasteiger partial charge is 0.345 e. The molecule has 0 saturated heterocycles. The van der Waals surface area contributed by atoms with Crippen LogP contribution in [0.25, 0.3) is 0 Å². The maximum atomic E-state index is 11.9. The van der Waals surface area contributed by atoms with Crippen LogP contribution in [-0.4, -0.2) is 30.7 Å². The topological polar surface area (TPSA) is 90.8 Å². The number of aryl methyl sites for hydroxylation is 2. The summed E-state index contributed by atoms with van der Waals surface area (Å²) < 4.78 is 7.81. The highest BCUT2D eigenvalue weighted by Crippen LogP contribution is 2.27. The van der Waals surface area contributed by atoms with Gasteiger partial charge in [0.05, 0.1) is 0 Å². The Morgan fingerprint density at radius 1 is 1.26 bits per heavy atom. The van der Waals surface area contributed by atoms with Crippen LogP contribution >= 0.6 is 0 Å². The molecule has 1 N–H and O–H groups in total. The third kappa shape index (κ3) is 3.36. The zero-order chi connectivity index (χ0) is 16.4. The quantitative estimate of drug-likeness (QED) is 0.872. The van der Waals surface area contributed by atoms with Crippen molar-refractivity contribution in [2.75, 3.05) is 0 Å². The molecule has 0 aromatic carbocycles. The summed E-state index contributed by atoms with van der Waals surface area (Å²) in [6, 6.07) is 0.400. The van der Waals surface area contributed by atoms with E-state index in [9.17, 15) is 4.79 Å². The highest BCUT2D eigenvalue weighted by molar-refractivity contribution is 5.04. The van der Waals surface area contributed by atoms with Gasteiger partial charge in [-0.2, -0.15) is 5.10 Å². The van der Waals surface area contributed by atoms with Gasteiger partial charge in [0.2, 0.25) is 0 Å². The Labute approximate surface area is 134 Å². The van der Waals surface area contributed by atoms with E-state index in [2.05, 4.69) is 20.7 Å². The van der Waals surface area contributed by atoms with E-state index in [-0.39, 0.29) is 5.69 Å². The maximum absolute atomic E-state index is 11.9. The lowest BCUT2D eigenvalue weighted by atomic mass is 9.82. The molecular formula is C15H24N6O2. The van der Waals surface area contributed by atoms with E-state index in [4.69, 9.17) is 4.63 Å². The molecule has 2 atom stereocenters. The van der Waals surface area contributed by atoms with Crippen molar-refractivity contribution in [2.24, 2.45) is 20.0 Å². The molecule has 3 rings (SSSR count). The number of hydrogen-bond donors (Lipinski definition) is 1. The molecule has 126 valence electrons. The lowest BCUT2D eigenvalue weighted by Crippen LogP contribution is -2.39. The smallest absolute Gasteiger partial charge is 0.308 e. The molecule has 8 nitrogen and oxygen atoms in total. The van der Waals surface area contributed by atoms with Crippen LogP contribution in [0, 0.1) is 12.8 Å². The maximum Gasteiger partial charge on any atom is 0.345 e. The molecule has 2 aromatic heterocycles. The molecule has 0 radical (unpaired) electrons. The SMILES string of the molecule is Cc1nonc1CN[C@@H]1CCCC[C@@H]1Cc1nn(C)c(=O)n1C. The van der Waals surface area contributed by atoms with Gasteiger partial charge in [-0.05, 0) is 25.7 Å². The molecule has 0 aliphatic heterocycles. The lowest BCUT2D eigenvalue weighted by Gasteiger charge is -2.32. The second kappa shape index (κ2) is 6.66. The van der Waals surface area contributed by atoms with Crippen molar-refractivity contribution in [3.05, 3.63) is 27.7 Å². The van der Waals surface area contributed by atoms with Crippen molar-refractivity contribution in [3.63, 3.8) is 0 Å². The van der Waals surface area contributed by atoms with Crippen LogP contribution < -0.4 is 11.0 Å². The minimum absolute atomic E-state index is 0.0652. The van der Waals surface area contributed by atoms with Gasteiger partial charge < -0.3 is 5.32 Å². The molecule has 1 aliphatic carbocycles. The van der Waals surface area contributed by atoms with Crippen LogP contribution in [0.3, 0.4) is 0 Å². The van der Waals surface area contributed by atoms with Crippen molar-refractivity contribution in [3.8, 4) is 0 Å². The minimum Gasteiger partial charge on any atom is -0.308 e. The molecule has 0 bridgehead atoms.